The quantitative estimate of drug-likeness (QED) is 0.657. The maximum atomic E-state index is 13.3. The summed E-state index contributed by atoms with van der Waals surface area (Å²) in [5.74, 6) is -0.210. The van der Waals surface area contributed by atoms with Crippen LogP contribution in [0.5, 0.6) is 0 Å². The summed E-state index contributed by atoms with van der Waals surface area (Å²) in [6.45, 7) is 2.86. The number of aryl methyl sites for hydroxylation is 1. The van der Waals surface area contributed by atoms with Crippen LogP contribution in [0.4, 0.5) is 13.2 Å². The van der Waals surface area contributed by atoms with E-state index in [-0.39, 0.29) is 17.2 Å². The summed E-state index contributed by atoms with van der Waals surface area (Å²) < 4.78 is 42.1. The summed E-state index contributed by atoms with van der Waals surface area (Å²) in [6.07, 6.45) is -2.05. The van der Waals surface area contributed by atoms with Gasteiger partial charge in [-0.2, -0.15) is 28.4 Å². The second-order valence-corrected chi connectivity index (χ2v) is 7.07. The van der Waals surface area contributed by atoms with E-state index in [1.54, 1.807) is 24.5 Å². The standard InChI is InChI=1S/C18H17F3N6O2/c1-9-5-12(10(2)27(9)17-22-8-23-24-17)15(28)7-26-16(29)13(18(19,20)21)6-14(25-26)11-3-4-11/h5-6,8,11H,3-4,7H2,1-2H3,(H,22,23,24). The molecule has 29 heavy (non-hydrogen) atoms. The monoisotopic (exact) mass is 406 g/mol. The molecule has 1 N–H and O–H groups in total. The highest BCUT2D eigenvalue weighted by molar-refractivity contribution is 5.97. The summed E-state index contributed by atoms with van der Waals surface area (Å²) in [5, 5.41) is 10.5. The van der Waals surface area contributed by atoms with E-state index in [4.69, 9.17) is 0 Å². The summed E-state index contributed by atoms with van der Waals surface area (Å²) in [4.78, 5) is 29.2. The molecule has 0 bridgehead atoms. The number of carbonyl (C=O) groups excluding carboxylic acids is 1. The smallest absolute Gasteiger partial charge is 0.292 e. The van der Waals surface area contributed by atoms with Crippen molar-refractivity contribution in [3.8, 4) is 5.95 Å². The third-order valence-electron chi connectivity index (χ3n) is 4.93. The van der Waals surface area contributed by atoms with E-state index in [1.807, 2.05) is 0 Å². The predicted octanol–water partition coefficient (Wildman–Crippen LogP) is 2.55. The van der Waals surface area contributed by atoms with E-state index in [1.165, 1.54) is 6.33 Å². The molecule has 0 unspecified atom stereocenters. The Kier molecular flexibility index (Phi) is 4.39. The van der Waals surface area contributed by atoms with Crippen molar-refractivity contribution in [1.82, 2.24) is 29.5 Å². The molecule has 0 amide bonds. The largest absolute Gasteiger partial charge is 0.421 e. The van der Waals surface area contributed by atoms with Crippen molar-refractivity contribution in [2.45, 2.75) is 45.3 Å². The lowest BCUT2D eigenvalue weighted by molar-refractivity contribution is -0.139. The van der Waals surface area contributed by atoms with Crippen molar-refractivity contribution in [2.24, 2.45) is 0 Å². The molecule has 0 radical (unpaired) electrons. The third-order valence-corrected chi connectivity index (χ3v) is 4.93. The van der Waals surface area contributed by atoms with E-state index in [0.29, 0.717) is 22.0 Å². The second kappa shape index (κ2) is 6.68. The first kappa shape index (κ1) is 19.1. The Hall–Kier alpha value is -3.24. The number of halogens is 3. The summed E-state index contributed by atoms with van der Waals surface area (Å²) in [6, 6.07) is 2.40. The van der Waals surface area contributed by atoms with Crippen LogP contribution in [0.15, 0.2) is 23.3 Å². The van der Waals surface area contributed by atoms with Crippen LogP contribution in [0.1, 0.15) is 51.8 Å². The Morgan fingerprint density at radius 3 is 2.59 bits per heavy atom. The summed E-state index contributed by atoms with van der Waals surface area (Å²) in [5.41, 5.74) is -0.930. The molecule has 0 spiro atoms. The molecule has 1 aliphatic rings. The number of ketones is 1. The van der Waals surface area contributed by atoms with Crippen LogP contribution in [0.2, 0.25) is 0 Å². The Morgan fingerprint density at radius 1 is 1.28 bits per heavy atom. The number of alkyl halides is 3. The van der Waals surface area contributed by atoms with Gasteiger partial charge < -0.3 is 0 Å². The molecule has 3 aromatic heterocycles. The number of Topliss-reactive ketones (excluding diaryl/α,β-unsaturated/α-hetero) is 1. The fourth-order valence-electron chi connectivity index (χ4n) is 3.35. The van der Waals surface area contributed by atoms with Gasteiger partial charge >= 0.3 is 6.18 Å². The molecule has 3 heterocycles. The third kappa shape index (κ3) is 3.47. The van der Waals surface area contributed by atoms with Crippen molar-refractivity contribution in [3.05, 3.63) is 57.0 Å². The van der Waals surface area contributed by atoms with Crippen molar-refractivity contribution in [3.63, 3.8) is 0 Å². The lowest BCUT2D eigenvalue weighted by Crippen LogP contribution is -2.33. The first-order valence-electron chi connectivity index (χ1n) is 8.94. The lowest BCUT2D eigenvalue weighted by atomic mass is 10.1. The van der Waals surface area contributed by atoms with Crippen molar-refractivity contribution in [2.75, 3.05) is 0 Å². The molecule has 3 aromatic rings. The van der Waals surface area contributed by atoms with Gasteiger partial charge in [0.05, 0.1) is 5.69 Å². The highest BCUT2D eigenvalue weighted by Gasteiger charge is 2.38. The van der Waals surface area contributed by atoms with Gasteiger partial charge in [-0.25, -0.2) is 9.78 Å². The number of H-pyrrole nitrogens is 1. The number of nitrogens with one attached hydrogen (secondary N) is 1. The average molecular weight is 406 g/mol. The van der Waals surface area contributed by atoms with Crippen molar-refractivity contribution < 1.29 is 18.0 Å². The molecule has 0 atom stereocenters. The van der Waals surface area contributed by atoms with Crippen LogP contribution >= 0.6 is 0 Å². The molecule has 152 valence electrons. The molecule has 4 rings (SSSR count). The predicted molar refractivity (Wildman–Crippen MR) is 95.0 cm³/mol. The fraction of sp³-hybridized carbons (Fsp3) is 0.389. The minimum atomic E-state index is -4.81. The molecule has 0 saturated heterocycles. The Bertz CT molecular complexity index is 1140. The minimum absolute atomic E-state index is 0.102. The zero-order valence-corrected chi connectivity index (χ0v) is 15.6. The van der Waals surface area contributed by atoms with Gasteiger partial charge in [-0.05, 0) is 38.8 Å². The number of hydrogen-bond donors (Lipinski definition) is 1. The fourth-order valence-corrected chi connectivity index (χ4v) is 3.35. The van der Waals surface area contributed by atoms with E-state index in [0.717, 1.165) is 18.9 Å². The van der Waals surface area contributed by atoms with E-state index >= 15 is 0 Å². The Balaban J connectivity index is 1.72. The number of aromatic nitrogens is 6. The molecule has 0 aromatic carbocycles. The topological polar surface area (TPSA) is 98.5 Å². The lowest BCUT2D eigenvalue weighted by Gasteiger charge is -2.12. The van der Waals surface area contributed by atoms with Crippen molar-refractivity contribution >= 4 is 5.78 Å². The molecule has 1 fully saturated rings. The van der Waals surface area contributed by atoms with Gasteiger partial charge in [0.15, 0.2) is 5.78 Å². The first-order valence-corrected chi connectivity index (χ1v) is 8.94. The SMILES string of the molecule is Cc1cc(C(=O)Cn2nc(C3CC3)cc(C(F)(F)F)c2=O)c(C)n1-c1ncn[nH]1. The normalized spacial score (nSPS) is 14.4. The maximum absolute atomic E-state index is 13.3. The molecular formula is C18H17F3N6O2. The number of carbonyl (C=O) groups is 1. The molecule has 8 nitrogen and oxygen atoms in total. The molecule has 1 saturated carbocycles. The number of nitrogens with zero attached hydrogens (tertiary/aromatic N) is 5. The van der Waals surface area contributed by atoms with E-state index in [9.17, 15) is 22.8 Å². The van der Waals surface area contributed by atoms with Gasteiger partial charge in [0.1, 0.15) is 18.4 Å². The highest BCUT2D eigenvalue weighted by atomic mass is 19.4. The van der Waals surface area contributed by atoms with Crippen LogP contribution in [-0.2, 0) is 12.7 Å². The molecular weight excluding hydrogens is 389 g/mol. The van der Waals surface area contributed by atoms with E-state index < -0.39 is 29.6 Å². The van der Waals surface area contributed by atoms with Crippen LogP contribution in [0, 0.1) is 13.8 Å². The van der Waals surface area contributed by atoms with Gasteiger partial charge in [-0.1, -0.05) is 0 Å². The highest BCUT2D eigenvalue weighted by Crippen LogP contribution is 2.40. The van der Waals surface area contributed by atoms with Gasteiger partial charge in [0, 0.05) is 22.9 Å². The van der Waals surface area contributed by atoms with Gasteiger partial charge in [0.25, 0.3) is 5.56 Å². The number of aromatic amines is 1. The molecule has 1 aliphatic carbocycles. The van der Waals surface area contributed by atoms with Gasteiger partial charge in [-0.15, -0.1) is 0 Å². The van der Waals surface area contributed by atoms with Gasteiger partial charge in [-0.3, -0.25) is 14.2 Å². The minimum Gasteiger partial charge on any atom is -0.292 e. The summed E-state index contributed by atoms with van der Waals surface area (Å²) in [7, 11) is 0. The Morgan fingerprint density at radius 2 is 2.00 bits per heavy atom. The zero-order chi connectivity index (χ0) is 20.9. The second-order valence-electron chi connectivity index (χ2n) is 7.07. The number of hydrogen-bond acceptors (Lipinski definition) is 5. The van der Waals surface area contributed by atoms with Crippen LogP contribution in [0.25, 0.3) is 5.95 Å². The van der Waals surface area contributed by atoms with Crippen LogP contribution in [0.3, 0.4) is 0 Å². The maximum Gasteiger partial charge on any atom is 0.421 e. The van der Waals surface area contributed by atoms with Gasteiger partial charge in [0.2, 0.25) is 5.95 Å². The van der Waals surface area contributed by atoms with E-state index in [2.05, 4.69) is 20.3 Å². The first-order chi connectivity index (χ1) is 13.7. The van der Waals surface area contributed by atoms with Crippen molar-refractivity contribution in [1.29, 1.82) is 0 Å². The summed E-state index contributed by atoms with van der Waals surface area (Å²) >= 11 is 0. The van der Waals surface area contributed by atoms with Crippen LogP contribution < -0.4 is 5.56 Å². The number of rotatable bonds is 5. The molecule has 0 aliphatic heterocycles. The average Bonchev–Trinajstić information content (AvgIpc) is 3.27. The van der Waals surface area contributed by atoms with Crippen LogP contribution in [-0.4, -0.2) is 35.3 Å². The zero-order valence-electron chi connectivity index (χ0n) is 15.6. The molecule has 11 heteroatoms. The Labute approximate surface area is 162 Å².